The molecule has 0 unspecified atom stereocenters. The lowest BCUT2D eigenvalue weighted by Gasteiger charge is -2.09. The van der Waals surface area contributed by atoms with Crippen molar-refractivity contribution in [2.45, 2.75) is 27.3 Å². The Labute approximate surface area is 155 Å². The standard InChI is InChI=1S/C18H19ClN4OS/c1-10-11(2)25-18-16(10)17(22-12(3)23-18)21-9-15(24)20-8-13-5-4-6-14(19)7-13/h4-7H,8-9H2,1-3H3,(H,20,24)(H,21,22,23). The molecule has 2 heterocycles. The van der Waals surface area contributed by atoms with Crippen LogP contribution in [0.2, 0.25) is 5.02 Å². The Morgan fingerprint density at radius 2 is 2.04 bits per heavy atom. The van der Waals surface area contributed by atoms with Gasteiger partial charge in [-0.3, -0.25) is 4.79 Å². The van der Waals surface area contributed by atoms with E-state index in [2.05, 4.69) is 34.4 Å². The molecule has 7 heteroatoms. The molecule has 3 aromatic rings. The molecule has 0 saturated carbocycles. The van der Waals surface area contributed by atoms with E-state index in [0.29, 0.717) is 23.2 Å². The van der Waals surface area contributed by atoms with E-state index >= 15 is 0 Å². The molecule has 0 bridgehead atoms. The number of thiophene rings is 1. The van der Waals surface area contributed by atoms with Crippen molar-refractivity contribution in [2.24, 2.45) is 0 Å². The predicted molar refractivity (Wildman–Crippen MR) is 103 cm³/mol. The van der Waals surface area contributed by atoms with Gasteiger partial charge >= 0.3 is 0 Å². The summed E-state index contributed by atoms with van der Waals surface area (Å²) in [6.07, 6.45) is 0. The van der Waals surface area contributed by atoms with Crippen molar-refractivity contribution in [3.63, 3.8) is 0 Å². The quantitative estimate of drug-likeness (QED) is 0.708. The molecule has 0 aliphatic rings. The van der Waals surface area contributed by atoms with Crippen LogP contribution in [0.15, 0.2) is 24.3 Å². The molecule has 5 nitrogen and oxygen atoms in total. The van der Waals surface area contributed by atoms with Crippen LogP contribution < -0.4 is 10.6 Å². The molecule has 0 spiro atoms. The van der Waals surface area contributed by atoms with Crippen LogP contribution in [0.1, 0.15) is 21.8 Å². The van der Waals surface area contributed by atoms with E-state index in [1.807, 2.05) is 31.2 Å². The third kappa shape index (κ3) is 4.08. The van der Waals surface area contributed by atoms with E-state index in [1.54, 1.807) is 11.3 Å². The molecule has 0 fully saturated rings. The van der Waals surface area contributed by atoms with E-state index in [4.69, 9.17) is 11.6 Å². The molecule has 1 amide bonds. The minimum absolute atomic E-state index is 0.103. The fourth-order valence-corrected chi connectivity index (χ4v) is 3.85. The number of aryl methyl sites for hydroxylation is 3. The summed E-state index contributed by atoms with van der Waals surface area (Å²) in [4.78, 5) is 23.2. The van der Waals surface area contributed by atoms with Gasteiger partial charge in [0.2, 0.25) is 5.91 Å². The van der Waals surface area contributed by atoms with Crippen LogP contribution in [0.4, 0.5) is 5.82 Å². The van der Waals surface area contributed by atoms with E-state index in [-0.39, 0.29) is 12.5 Å². The number of anilines is 1. The van der Waals surface area contributed by atoms with Gasteiger partial charge in [0.1, 0.15) is 16.5 Å². The van der Waals surface area contributed by atoms with Gasteiger partial charge in [0, 0.05) is 16.4 Å². The highest BCUT2D eigenvalue weighted by atomic mass is 35.5. The van der Waals surface area contributed by atoms with Crippen molar-refractivity contribution < 1.29 is 4.79 Å². The molecule has 0 atom stereocenters. The van der Waals surface area contributed by atoms with Gasteiger partial charge in [-0.1, -0.05) is 23.7 Å². The van der Waals surface area contributed by atoms with Crippen molar-refractivity contribution in [2.75, 3.05) is 11.9 Å². The number of rotatable bonds is 5. The maximum atomic E-state index is 12.1. The van der Waals surface area contributed by atoms with E-state index in [1.165, 1.54) is 4.88 Å². The first-order valence-corrected chi connectivity index (χ1v) is 9.13. The third-order valence-electron chi connectivity index (χ3n) is 3.94. The number of carbonyl (C=O) groups is 1. The van der Waals surface area contributed by atoms with Crippen molar-refractivity contribution in [3.8, 4) is 0 Å². The number of nitrogens with one attached hydrogen (secondary N) is 2. The Morgan fingerprint density at radius 1 is 1.24 bits per heavy atom. The second kappa shape index (κ2) is 7.37. The van der Waals surface area contributed by atoms with Crippen molar-refractivity contribution in [1.82, 2.24) is 15.3 Å². The van der Waals surface area contributed by atoms with E-state index in [9.17, 15) is 4.79 Å². The smallest absolute Gasteiger partial charge is 0.239 e. The molecule has 2 N–H and O–H groups in total. The molecule has 2 aromatic heterocycles. The first-order chi connectivity index (χ1) is 11.9. The van der Waals surface area contributed by atoms with Gasteiger partial charge in [-0.2, -0.15) is 0 Å². The number of hydrogen-bond donors (Lipinski definition) is 2. The van der Waals surface area contributed by atoms with Crippen LogP contribution in [0, 0.1) is 20.8 Å². The number of fused-ring (bicyclic) bond motifs is 1. The summed E-state index contributed by atoms with van der Waals surface area (Å²) >= 11 is 7.60. The SMILES string of the molecule is Cc1nc(NCC(=O)NCc2cccc(Cl)c2)c2c(C)c(C)sc2n1. The van der Waals surface area contributed by atoms with Gasteiger partial charge in [-0.05, 0) is 44.0 Å². The monoisotopic (exact) mass is 374 g/mol. The van der Waals surface area contributed by atoms with Gasteiger partial charge in [0.05, 0.1) is 11.9 Å². The zero-order valence-corrected chi connectivity index (χ0v) is 15.9. The number of aromatic nitrogens is 2. The van der Waals surface area contributed by atoms with Crippen LogP contribution >= 0.6 is 22.9 Å². The van der Waals surface area contributed by atoms with Crippen LogP contribution in [0.5, 0.6) is 0 Å². The number of nitrogens with zero attached hydrogens (tertiary/aromatic N) is 2. The molecule has 0 saturated heterocycles. The Morgan fingerprint density at radius 3 is 2.80 bits per heavy atom. The van der Waals surface area contributed by atoms with Gasteiger partial charge < -0.3 is 10.6 Å². The highest BCUT2D eigenvalue weighted by Gasteiger charge is 2.14. The maximum Gasteiger partial charge on any atom is 0.239 e. The first-order valence-electron chi connectivity index (χ1n) is 7.93. The summed E-state index contributed by atoms with van der Waals surface area (Å²) in [6.45, 7) is 6.57. The number of benzene rings is 1. The molecular formula is C18H19ClN4OS. The maximum absolute atomic E-state index is 12.1. The highest BCUT2D eigenvalue weighted by Crippen LogP contribution is 2.33. The first kappa shape index (κ1) is 17.6. The number of amides is 1. The van der Waals surface area contributed by atoms with E-state index in [0.717, 1.165) is 21.3 Å². The average Bonchev–Trinajstić information content (AvgIpc) is 2.85. The fourth-order valence-electron chi connectivity index (χ4n) is 2.56. The van der Waals surface area contributed by atoms with Crippen molar-refractivity contribution >= 4 is 44.9 Å². The molecule has 0 aliphatic heterocycles. The fraction of sp³-hybridized carbons (Fsp3) is 0.278. The van der Waals surface area contributed by atoms with Gasteiger partial charge in [-0.25, -0.2) is 9.97 Å². The summed E-state index contributed by atoms with van der Waals surface area (Å²) < 4.78 is 0. The lowest BCUT2D eigenvalue weighted by molar-refractivity contribution is -0.119. The van der Waals surface area contributed by atoms with Crippen LogP contribution in [0.25, 0.3) is 10.2 Å². The molecule has 0 radical (unpaired) electrons. The number of hydrogen-bond acceptors (Lipinski definition) is 5. The second-order valence-electron chi connectivity index (χ2n) is 5.84. The lowest BCUT2D eigenvalue weighted by atomic mass is 10.2. The normalized spacial score (nSPS) is 10.9. The Hall–Kier alpha value is -2.18. The second-order valence-corrected chi connectivity index (χ2v) is 7.48. The van der Waals surface area contributed by atoms with Crippen molar-refractivity contribution in [1.29, 1.82) is 0 Å². The summed E-state index contributed by atoms with van der Waals surface area (Å²) in [6, 6.07) is 7.44. The van der Waals surface area contributed by atoms with Gasteiger partial charge in [0.25, 0.3) is 0 Å². The topological polar surface area (TPSA) is 66.9 Å². The Kier molecular flexibility index (Phi) is 5.20. The Bertz CT molecular complexity index is 938. The largest absolute Gasteiger partial charge is 0.360 e. The summed E-state index contributed by atoms with van der Waals surface area (Å²) in [7, 11) is 0. The molecule has 130 valence electrons. The average molecular weight is 375 g/mol. The van der Waals surface area contributed by atoms with Crippen LogP contribution in [0.3, 0.4) is 0 Å². The highest BCUT2D eigenvalue weighted by molar-refractivity contribution is 7.18. The minimum atomic E-state index is -0.103. The third-order valence-corrected chi connectivity index (χ3v) is 5.27. The summed E-state index contributed by atoms with van der Waals surface area (Å²) in [5.74, 6) is 1.30. The molecular weight excluding hydrogens is 356 g/mol. The van der Waals surface area contributed by atoms with Gasteiger partial charge in [-0.15, -0.1) is 11.3 Å². The summed E-state index contributed by atoms with van der Waals surface area (Å²) in [5, 5.41) is 7.68. The zero-order valence-electron chi connectivity index (χ0n) is 14.3. The molecule has 1 aromatic carbocycles. The van der Waals surface area contributed by atoms with Crippen molar-refractivity contribution in [3.05, 3.63) is 51.1 Å². The molecule has 25 heavy (non-hydrogen) atoms. The van der Waals surface area contributed by atoms with Crippen LogP contribution in [-0.4, -0.2) is 22.4 Å². The Balaban J connectivity index is 1.67. The van der Waals surface area contributed by atoms with Gasteiger partial charge in [0.15, 0.2) is 0 Å². The molecule has 3 rings (SSSR count). The minimum Gasteiger partial charge on any atom is -0.360 e. The number of halogens is 1. The summed E-state index contributed by atoms with van der Waals surface area (Å²) in [5.41, 5.74) is 2.12. The van der Waals surface area contributed by atoms with E-state index < -0.39 is 0 Å². The van der Waals surface area contributed by atoms with Crippen LogP contribution in [-0.2, 0) is 11.3 Å². The predicted octanol–water partition coefficient (Wildman–Crippen LogP) is 4.00. The molecule has 0 aliphatic carbocycles. The zero-order chi connectivity index (χ0) is 18.0. The lowest BCUT2D eigenvalue weighted by Crippen LogP contribution is -2.29. The number of carbonyl (C=O) groups excluding carboxylic acids is 1.